The molecular formula is C15H22O4. The van der Waals surface area contributed by atoms with E-state index < -0.39 is 18.0 Å². The van der Waals surface area contributed by atoms with E-state index >= 15 is 0 Å². The molecule has 1 rings (SSSR count). The molecule has 0 amide bonds. The van der Waals surface area contributed by atoms with Crippen molar-refractivity contribution >= 4 is 5.97 Å². The number of carboxylic acid groups (broad SMARTS) is 1. The molecule has 2 N–H and O–H groups in total. The van der Waals surface area contributed by atoms with Gasteiger partial charge in [-0.15, -0.1) is 0 Å². The van der Waals surface area contributed by atoms with Crippen LogP contribution in [0.1, 0.15) is 38.4 Å². The van der Waals surface area contributed by atoms with Crippen LogP contribution in [0.4, 0.5) is 0 Å². The first-order valence-corrected chi connectivity index (χ1v) is 6.48. The highest BCUT2D eigenvalue weighted by atomic mass is 16.5. The number of aliphatic carboxylic acids is 1. The van der Waals surface area contributed by atoms with Crippen LogP contribution in [-0.4, -0.2) is 23.3 Å². The van der Waals surface area contributed by atoms with Crippen LogP contribution in [0, 0.1) is 11.8 Å². The number of aliphatic hydroxyl groups is 1. The van der Waals surface area contributed by atoms with Crippen LogP contribution in [0.15, 0.2) is 24.3 Å². The van der Waals surface area contributed by atoms with Gasteiger partial charge in [-0.25, -0.2) is 0 Å². The lowest BCUT2D eigenvalue weighted by Crippen LogP contribution is -2.19. The molecule has 0 saturated heterocycles. The summed E-state index contributed by atoms with van der Waals surface area (Å²) >= 11 is 0. The van der Waals surface area contributed by atoms with Crippen molar-refractivity contribution in [1.29, 1.82) is 0 Å². The topological polar surface area (TPSA) is 66.8 Å². The number of hydrogen-bond donors (Lipinski definition) is 2. The summed E-state index contributed by atoms with van der Waals surface area (Å²) in [5.41, 5.74) is 0.689. The smallest absolute Gasteiger partial charge is 0.306 e. The van der Waals surface area contributed by atoms with Gasteiger partial charge in [0.2, 0.25) is 0 Å². The summed E-state index contributed by atoms with van der Waals surface area (Å²) in [5, 5.41) is 19.3. The van der Waals surface area contributed by atoms with E-state index in [4.69, 9.17) is 4.74 Å². The number of aliphatic hydroxyl groups excluding tert-OH is 1. The van der Waals surface area contributed by atoms with Gasteiger partial charge in [-0.1, -0.05) is 26.0 Å². The third-order valence-corrected chi connectivity index (χ3v) is 3.09. The number of ether oxygens (including phenoxy) is 1. The minimum Gasteiger partial charge on any atom is -0.497 e. The normalized spacial score (nSPS) is 14.2. The fourth-order valence-electron chi connectivity index (χ4n) is 2.12. The average Bonchev–Trinajstić information content (AvgIpc) is 2.37. The van der Waals surface area contributed by atoms with Crippen molar-refractivity contribution < 1.29 is 19.7 Å². The number of rotatable bonds is 7. The molecule has 0 saturated carbocycles. The molecule has 2 atom stereocenters. The van der Waals surface area contributed by atoms with Crippen molar-refractivity contribution in [3.8, 4) is 5.75 Å². The number of hydrogen-bond acceptors (Lipinski definition) is 3. The van der Waals surface area contributed by atoms with Gasteiger partial charge in [-0.05, 0) is 36.5 Å². The van der Waals surface area contributed by atoms with E-state index in [0.29, 0.717) is 23.7 Å². The maximum absolute atomic E-state index is 11.2. The molecule has 0 aliphatic heterocycles. The highest BCUT2D eigenvalue weighted by Gasteiger charge is 2.23. The molecule has 0 radical (unpaired) electrons. The Balaban J connectivity index is 2.75. The quantitative estimate of drug-likeness (QED) is 0.796. The van der Waals surface area contributed by atoms with Gasteiger partial charge >= 0.3 is 5.97 Å². The Morgan fingerprint density at radius 2 is 2.00 bits per heavy atom. The lowest BCUT2D eigenvalue weighted by Gasteiger charge is -2.19. The van der Waals surface area contributed by atoms with Gasteiger partial charge in [0.15, 0.2) is 0 Å². The second-order valence-corrected chi connectivity index (χ2v) is 5.19. The maximum atomic E-state index is 11.2. The Labute approximate surface area is 114 Å². The van der Waals surface area contributed by atoms with E-state index in [1.54, 1.807) is 31.4 Å². The van der Waals surface area contributed by atoms with Crippen LogP contribution in [0.3, 0.4) is 0 Å². The number of benzene rings is 1. The summed E-state index contributed by atoms with van der Waals surface area (Å²) in [6.45, 7) is 3.96. The molecule has 0 aliphatic carbocycles. The molecule has 0 spiro atoms. The Bertz CT molecular complexity index is 414. The summed E-state index contributed by atoms with van der Waals surface area (Å²) in [4.78, 5) is 11.2. The van der Waals surface area contributed by atoms with Gasteiger partial charge in [0.05, 0.1) is 19.1 Å². The van der Waals surface area contributed by atoms with Crippen molar-refractivity contribution in [2.75, 3.05) is 7.11 Å². The molecule has 2 unspecified atom stereocenters. The molecule has 0 aliphatic rings. The van der Waals surface area contributed by atoms with Crippen molar-refractivity contribution in [2.24, 2.45) is 11.8 Å². The van der Waals surface area contributed by atoms with Gasteiger partial charge in [0, 0.05) is 0 Å². The SMILES string of the molecule is COc1cccc(C(O)CC(CC(C)C)C(=O)O)c1. The van der Waals surface area contributed by atoms with Crippen LogP contribution in [0.25, 0.3) is 0 Å². The Hall–Kier alpha value is -1.55. The molecule has 1 aromatic rings. The van der Waals surface area contributed by atoms with E-state index in [0.717, 1.165) is 0 Å². The highest BCUT2D eigenvalue weighted by Crippen LogP contribution is 2.27. The molecule has 106 valence electrons. The van der Waals surface area contributed by atoms with E-state index in [9.17, 15) is 15.0 Å². The Morgan fingerprint density at radius 1 is 1.32 bits per heavy atom. The monoisotopic (exact) mass is 266 g/mol. The van der Waals surface area contributed by atoms with E-state index in [1.807, 2.05) is 13.8 Å². The number of carboxylic acids is 1. The van der Waals surface area contributed by atoms with Crippen LogP contribution in [0.2, 0.25) is 0 Å². The summed E-state index contributed by atoms with van der Waals surface area (Å²) < 4.78 is 5.09. The van der Waals surface area contributed by atoms with E-state index in [1.165, 1.54) is 0 Å². The predicted molar refractivity (Wildman–Crippen MR) is 73.2 cm³/mol. The fraction of sp³-hybridized carbons (Fsp3) is 0.533. The molecular weight excluding hydrogens is 244 g/mol. The maximum Gasteiger partial charge on any atom is 0.306 e. The van der Waals surface area contributed by atoms with Crippen LogP contribution >= 0.6 is 0 Å². The molecule has 0 aromatic heterocycles. The molecule has 0 heterocycles. The van der Waals surface area contributed by atoms with E-state index in [2.05, 4.69) is 0 Å². The Morgan fingerprint density at radius 3 is 2.53 bits per heavy atom. The standard InChI is InChI=1S/C15H22O4/c1-10(2)7-12(15(17)18)9-14(16)11-5-4-6-13(8-11)19-3/h4-6,8,10,12,14,16H,7,9H2,1-3H3,(H,17,18). The number of methoxy groups -OCH3 is 1. The van der Waals surface area contributed by atoms with Crippen molar-refractivity contribution in [2.45, 2.75) is 32.8 Å². The summed E-state index contributed by atoms with van der Waals surface area (Å²) in [7, 11) is 1.56. The summed E-state index contributed by atoms with van der Waals surface area (Å²) in [6.07, 6.45) is 0.00628. The zero-order valence-electron chi connectivity index (χ0n) is 11.7. The van der Waals surface area contributed by atoms with Gasteiger partial charge in [-0.2, -0.15) is 0 Å². The minimum atomic E-state index is -0.851. The van der Waals surface area contributed by atoms with Crippen molar-refractivity contribution in [3.05, 3.63) is 29.8 Å². The first-order valence-electron chi connectivity index (χ1n) is 6.48. The number of carbonyl (C=O) groups is 1. The first-order chi connectivity index (χ1) is 8.93. The van der Waals surface area contributed by atoms with Gasteiger partial charge < -0.3 is 14.9 Å². The fourth-order valence-corrected chi connectivity index (χ4v) is 2.12. The lowest BCUT2D eigenvalue weighted by molar-refractivity contribution is -0.143. The highest BCUT2D eigenvalue weighted by molar-refractivity contribution is 5.70. The second-order valence-electron chi connectivity index (χ2n) is 5.19. The average molecular weight is 266 g/mol. The molecule has 19 heavy (non-hydrogen) atoms. The molecule has 4 heteroatoms. The van der Waals surface area contributed by atoms with Crippen molar-refractivity contribution in [1.82, 2.24) is 0 Å². The van der Waals surface area contributed by atoms with Crippen LogP contribution in [0.5, 0.6) is 5.75 Å². The summed E-state index contributed by atoms with van der Waals surface area (Å²) in [5.74, 6) is -0.428. The van der Waals surface area contributed by atoms with Crippen LogP contribution < -0.4 is 4.74 Å². The lowest BCUT2D eigenvalue weighted by atomic mass is 9.90. The molecule has 1 aromatic carbocycles. The predicted octanol–water partition coefficient (Wildman–Crippen LogP) is 2.87. The van der Waals surface area contributed by atoms with Gasteiger partial charge in [0.1, 0.15) is 5.75 Å². The first kappa shape index (κ1) is 15.5. The van der Waals surface area contributed by atoms with Gasteiger partial charge in [0.25, 0.3) is 0 Å². The molecule has 0 bridgehead atoms. The zero-order valence-corrected chi connectivity index (χ0v) is 11.7. The largest absolute Gasteiger partial charge is 0.497 e. The third-order valence-electron chi connectivity index (χ3n) is 3.09. The third kappa shape index (κ3) is 4.91. The second kappa shape index (κ2) is 7.14. The van der Waals surface area contributed by atoms with Gasteiger partial charge in [-0.3, -0.25) is 4.79 Å². The summed E-state index contributed by atoms with van der Waals surface area (Å²) in [6, 6.07) is 7.09. The Kier molecular flexibility index (Phi) is 5.83. The zero-order chi connectivity index (χ0) is 14.4. The molecule has 4 nitrogen and oxygen atoms in total. The van der Waals surface area contributed by atoms with Crippen molar-refractivity contribution in [3.63, 3.8) is 0 Å². The molecule has 0 fully saturated rings. The van der Waals surface area contributed by atoms with E-state index in [-0.39, 0.29) is 6.42 Å². The minimum absolute atomic E-state index is 0.223. The van der Waals surface area contributed by atoms with Crippen LogP contribution in [-0.2, 0) is 4.79 Å².